The average molecular weight is 424 g/mol. The first-order chi connectivity index (χ1) is 14.0. The van der Waals surface area contributed by atoms with Crippen molar-refractivity contribution in [2.24, 2.45) is 0 Å². The first-order valence-corrected chi connectivity index (χ1v) is 10.9. The van der Waals surface area contributed by atoms with Gasteiger partial charge >= 0.3 is 6.03 Å². The number of hydrogen-bond acceptors (Lipinski definition) is 6. The average Bonchev–Trinajstić information content (AvgIpc) is 3.33. The molecule has 29 heavy (non-hydrogen) atoms. The number of carbonyl (C=O) groups excluding carboxylic acids is 2. The van der Waals surface area contributed by atoms with Crippen molar-refractivity contribution < 1.29 is 18.9 Å². The number of imide groups is 1. The van der Waals surface area contributed by atoms with Gasteiger partial charge in [0.1, 0.15) is 11.8 Å². The van der Waals surface area contributed by atoms with Crippen LogP contribution >= 0.6 is 11.8 Å². The number of carbonyl (C=O) groups is 2. The fourth-order valence-corrected chi connectivity index (χ4v) is 3.73. The van der Waals surface area contributed by atoms with E-state index in [-0.39, 0.29) is 24.2 Å². The maximum Gasteiger partial charge on any atom is 0.321 e. The third-order valence-electron chi connectivity index (χ3n) is 4.49. The van der Waals surface area contributed by atoms with Gasteiger partial charge in [-0.3, -0.25) is 10.1 Å². The molecule has 2 rings (SSSR count). The standard InChI is InChI=1S/C19H30N6O3S/c1-5-7-10-25-17(15(6-2)24(3)4)22-23-19(25)29-13-16(26)21-18(27)20-12-14-9-8-11-28-14/h8-9,11,15H,5-7,10,12-13H2,1-4H3,(H2,20,21,26,27)/p+1/t15-/m1/s1. The van der Waals surface area contributed by atoms with E-state index in [0.717, 1.165) is 31.6 Å². The predicted molar refractivity (Wildman–Crippen MR) is 111 cm³/mol. The Balaban J connectivity index is 1.93. The molecule has 3 amide bonds. The van der Waals surface area contributed by atoms with E-state index < -0.39 is 6.03 Å². The molecule has 0 bridgehead atoms. The van der Waals surface area contributed by atoms with Gasteiger partial charge in [0.2, 0.25) is 5.91 Å². The van der Waals surface area contributed by atoms with Gasteiger partial charge in [0, 0.05) is 13.0 Å². The van der Waals surface area contributed by atoms with E-state index in [9.17, 15) is 9.59 Å². The van der Waals surface area contributed by atoms with E-state index in [4.69, 9.17) is 4.42 Å². The lowest BCUT2D eigenvalue weighted by atomic mass is 10.2. The second-order valence-electron chi connectivity index (χ2n) is 6.98. The summed E-state index contributed by atoms with van der Waals surface area (Å²) in [5.41, 5.74) is 0. The van der Waals surface area contributed by atoms with Gasteiger partial charge in [-0.2, -0.15) is 0 Å². The molecule has 3 N–H and O–H groups in total. The maximum atomic E-state index is 12.1. The van der Waals surface area contributed by atoms with Crippen LogP contribution in [0.3, 0.4) is 0 Å². The largest absolute Gasteiger partial charge is 0.467 e. The molecule has 2 aromatic heterocycles. The van der Waals surface area contributed by atoms with Gasteiger partial charge < -0.3 is 19.2 Å². The van der Waals surface area contributed by atoms with Crippen LogP contribution in [0.5, 0.6) is 0 Å². The van der Waals surface area contributed by atoms with Crippen molar-refractivity contribution in [2.75, 3.05) is 19.8 Å². The van der Waals surface area contributed by atoms with Crippen LogP contribution in [0.25, 0.3) is 0 Å². The summed E-state index contributed by atoms with van der Waals surface area (Å²) in [5, 5.41) is 14.3. The Morgan fingerprint density at radius 3 is 2.72 bits per heavy atom. The van der Waals surface area contributed by atoms with Gasteiger partial charge in [-0.15, -0.1) is 10.2 Å². The molecule has 0 aliphatic carbocycles. The Hall–Kier alpha value is -2.33. The van der Waals surface area contributed by atoms with Crippen LogP contribution in [0.4, 0.5) is 4.79 Å². The molecule has 0 unspecified atom stereocenters. The first-order valence-electron chi connectivity index (χ1n) is 9.92. The lowest BCUT2D eigenvalue weighted by Gasteiger charge is -2.20. The van der Waals surface area contributed by atoms with Crippen LogP contribution in [-0.4, -0.2) is 46.6 Å². The minimum absolute atomic E-state index is 0.0873. The highest BCUT2D eigenvalue weighted by atomic mass is 32.2. The number of unbranched alkanes of at least 4 members (excludes halogenated alkanes) is 1. The lowest BCUT2D eigenvalue weighted by molar-refractivity contribution is -0.893. The molecule has 0 aromatic carbocycles. The van der Waals surface area contributed by atoms with Gasteiger partial charge in [0.15, 0.2) is 11.0 Å². The minimum Gasteiger partial charge on any atom is -0.467 e. The number of thioether (sulfide) groups is 1. The van der Waals surface area contributed by atoms with Crippen molar-refractivity contribution in [1.82, 2.24) is 25.4 Å². The number of furan rings is 1. The molecular weight excluding hydrogens is 392 g/mol. The number of nitrogens with one attached hydrogen (secondary N) is 3. The fourth-order valence-electron chi connectivity index (χ4n) is 2.96. The molecule has 0 saturated heterocycles. The Morgan fingerprint density at radius 2 is 2.10 bits per heavy atom. The summed E-state index contributed by atoms with van der Waals surface area (Å²) in [7, 11) is 4.21. The normalized spacial score (nSPS) is 12.2. The smallest absolute Gasteiger partial charge is 0.321 e. The molecular formula is C19H31N6O3S+. The lowest BCUT2D eigenvalue weighted by Crippen LogP contribution is -3.06. The summed E-state index contributed by atoms with van der Waals surface area (Å²) in [6.07, 6.45) is 4.55. The van der Waals surface area contributed by atoms with E-state index in [1.807, 2.05) is 0 Å². The fraction of sp³-hybridized carbons (Fsp3) is 0.579. The molecule has 0 saturated carbocycles. The van der Waals surface area contributed by atoms with Crippen molar-refractivity contribution in [1.29, 1.82) is 0 Å². The highest BCUT2D eigenvalue weighted by Gasteiger charge is 2.25. The van der Waals surface area contributed by atoms with Gasteiger partial charge in [-0.25, -0.2) is 4.79 Å². The third kappa shape index (κ3) is 6.90. The summed E-state index contributed by atoms with van der Waals surface area (Å²) < 4.78 is 7.25. The summed E-state index contributed by atoms with van der Waals surface area (Å²) >= 11 is 1.29. The van der Waals surface area contributed by atoms with Crippen LogP contribution in [0.2, 0.25) is 0 Å². The van der Waals surface area contributed by atoms with Crippen LogP contribution in [0, 0.1) is 0 Å². The third-order valence-corrected chi connectivity index (χ3v) is 5.45. The molecule has 0 aliphatic heterocycles. The Bertz CT molecular complexity index is 775. The monoisotopic (exact) mass is 423 g/mol. The van der Waals surface area contributed by atoms with Gasteiger partial charge in [0.25, 0.3) is 0 Å². The zero-order valence-corrected chi connectivity index (χ0v) is 18.3. The number of amides is 3. The Kier molecular flexibility index (Phi) is 9.20. The van der Waals surface area contributed by atoms with Gasteiger partial charge in [-0.1, -0.05) is 32.0 Å². The highest BCUT2D eigenvalue weighted by molar-refractivity contribution is 7.99. The molecule has 1 atom stereocenters. The van der Waals surface area contributed by atoms with E-state index in [0.29, 0.717) is 10.9 Å². The van der Waals surface area contributed by atoms with Crippen LogP contribution in [-0.2, 0) is 17.9 Å². The maximum absolute atomic E-state index is 12.1. The van der Waals surface area contributed by atoms with E-state index >= 15 is 0 Å². The summed E-state index contributed by atoms with van der Waals surface area (Å²) in [5.74, 6) is 1.26. The number of aromatic nitrogens is 3. The van der Waals surface area contributed by atoms with E-state index in [2.05, 4.69) is 53.3 Å². The van der Waals surface area contributed by atoms with Crippen molar-refractivity contribution in [3.05, 3.63) is 30.0 Å². The molecule has 160 valence electrons. The zero-order chi connectivity index (χ0) is 21.2. The van der Waals surface area contributed by atoms with Crippen LogP contribution < -0.4 is 15.5 Å². The number of urea groups is 1. The quantitative estimate of drug-likeness (QED) is 0.472. The van der Waals surface area contributed by atoms with Crippen LogP contribution in [0.15, 0.2) is 28.0 Å². The number of quaternary nitrogens is 1. The molecule has 9 nitrogen and oxygen atoms in total. The predicted octanol–water partition coefficient (Wildman–Crippen LogP) is 1.38. The summed E-state index contributed by atoms with van der Waals surface area (Å²) in [4.78, 5) is 25.3. The molecule has 2 aromatic rings. The highest BCUT2D eigenvalue weighted by Crippen LogP contribution is 2.21. The van der Waals surface area contributed by atoms with Crippen molar-refractivity contribution >= 4 is 23.7 Å². The molecule has 0 aliphatic rings. The van der Waals surface area contributed by atoms with Crippen molar-refractivity contribution in [2.45, 2.75) is 57.4 Å². The van der Waals surface area contributed by atoms with E-state index in [1.165, 1.54) is 22.9 Å². The topological polar surface area (TPSA) is 106 Å². The Morgan fingerprint density at radius 1 is 1.31 bits per heavy atom. The second-order valence-corrected chi connectivity index (χ2v) is 7.93. The molecule has 2 heterocycles. The van der Waals surface area contributed by atoms with Crippen molar-refractivity contribution in [3.8, 4) is 0 Å². The van der Waals surface area contributed by atoms with Gasteiger partial charge in [0.05, 0.1) is 32.7 Å². The minimum atomic E-state index is -0.553. The first kappa shape index (κ1) is 23.0. The zero-order valence-electron chi connectivity index (χ0n) is 17.5. The Labute approximate surface area is 175 Å². The van der Waals surface area contributed by atoms with Crippen LogP contribution in [0.1, 0.15) is 50.7 Å². The molecule has 0 fully saturated rings. The number of rotatable bonds is 11. The summed E-state index contributed by atoms with van der Waals surface area (Å²) in [6.45, 7) is 5.31. The van der Waals surface area contributed by atoms with E-state index in [1.54, 1.807) is 12.1 Å². The SMILES string of the molecule is CCCCn1c(SCC(=O)NC(=O)NCc2ccco2)nnc1[C@@H](CC)[NH+](C)C. The summed E-state index contributed by atoms with van der Waals surface area (Å²) in [6, 6.07) is 3.18. The number of hydrogen-bond donors (Lipinski definition) is 3. The molecule has 0 spiro atoms. The van der Waals surface area contributed by atoms with Gasteiger partial charge in [-0.05, 0) is 18.6 Å². The number of nitrogens with zero attached hydrogens (tertiary/aromatic N) is 3. The second kappa shape index (κ2) is 11.6. The molecule has 10 heteroatoms. The van der Waals surface area contributed by atoms with Crippen molar-refractivity contribution in [3.63, 3.8) is 0 Å². The molecule has 0 radical (unpaired) electrons.